The van der Waals surface area contributed by atoms with E-state index < -0.39 is 0 Å². The predicted molar refractivity (Wildman–Crippen MR) is 195 cm³/mol. The van der Waals surface area contributed by atoms with Gasteiger partial charge in [0.25, 0.3) is 0 Å². The Bertz CT molecular complexity index is 1750. The molecule has 0 atom stereocenters. The van der Waals surface area contributed by atoms with Gasteiger partial charge in [0.05, 0.1) is 14.2 Å². The van der Waals surface area contributed by atoms with Crippen molar-refractivity contribution in [1.29, 1.82) is 0 Å². The molecule has 0 aliphatic carbocycles. The van der Waals surface area contributed by atoms with Gasteiger partial charge >= 0.3 is 0 Å². The molecule has 4 nitrogen and oxygen atoms in total. The maximum Gasteiger partial charge on any atom is 0.119 e. The number of rotatable bonds is 11. The molecule has 4 heteroatoms. The van der Waals surface area contributed by atoms with Crippen LogP contribution >= 0.6 is 0 Å². The first-order valence-corrected chi connectivity index (χ1v) is 15.1. The molecule has 6 rings (SSSR count). The second-order valence-electron chi connectivity index (χ2n) is 10.8. The topological polar surface area (TPSA) is 24.9 Å². The summed E-state index contributed by atoms with van der Waals surface area (Å²) in [5, 5.41) is 0. The number of methoxy groups -OCH3 is 2. The van der Waals surface area contributed by atoms with Gasteiger partial charge < -0.3 is 19.3 Å². The van der Waals surface area contributed by atoms with Crippen molar-refractivity contribution in [2.24, 2.45) is 0 Å². The van der Waals surface area contributed by atoms with Gasteiger partial charge in [0.1, 0.15) is 11.5 Å². The van der Waals surface area contributed by atoms with E-state index >= 15 is 0 Å². The minimum atomic E-state index is 0.823. The van der Waals surface area contributed by atoms with Crippen LogP contribution in [0.1, 0.15) is 11.1 Å². The fraction of sp³-hybridized carbons (Fsp3) is 0.0476. The maximum atomic E-state index is 5.41. The van der Waals surface area contributed by atoms with Crippen LogP contribution in [-0.2, 0) is 0 Å². The number of nitrogens with zero attached hydrogens (tertiary/aromatic N) is 2. The lowest BCUT2D eigenvalue weighted by Crippen LogP contribution is -2.10. The van der Waals surface area contributed by atoms with Crippen LogP contribution in [-0.4, -0.2) is 14.2 Å². The molecule has 6 aromatic carbocycles. The third-order valence-corrected chi connectivity index (χ3v) is 8.02. The SMILES string of the molecule is C=Cc1ccc(N(c2ccc(OC)cc2)c2ccc(-c3ccc(N(c4ccc(C=C)cc4)c4ccc(OC)cc4)cc3)cc2)cc1. The van der Waals surface area contributed by atoms with E-state index in [1.54, 1.807) is 14.2 Å². The number of hydrogen-bond donors (Lipinski definition) is 0. The van der Waals surface area contributed by atoms with Crippen LogP contribution in [0.2, 0.25) is 0 Å². The molecule has 0 aliphatic rings. The zero-order valence-electron chi connectivity index (χ0n) is 26.1. The average molecular weight is 601 g/mol. The van der Waals surface area contributed by atoms with E-state index in [9.17, 15) is 0 Å². The summed E-state index contributed by atoms with van der Waals surface area (Å²) in [6.45, 7) is 7.80. The Hall–Kier alpha value is -6.00. The Balaban J connectivity index is 1.31. The van der Waals surface area contributed by atoms with Gasteiger partial charge in [-0.25, -0.2) is 0 Å². The van der Waals surface area contributed by atoms with Crippen LogP contribution in [0, 0.1) is 0 Å². The van der Waals surface area contributed by atoms with Crippen LogP contribution < -0.4 is 19.3 Å². The molecule has 0 spiro atoms. The first kappa shape index (κ1) is 30.0. The monoisotopic (exact) mass is 600 g/mol. The standard InChI is InChI=1S/C42H36N2O2/c1-5-31-7-15-35(16-8-31)43(39-23-27-41(45-3)28-24-39)37-19-11-33(12-20-37)34-13-21-38(22-14-34)44(36-17-9-32(6-2)10-18-36)40-25-29-42(46-4)30-26-40/h5-30H,1-2H2,3-4H3. The maximum absolute atomic E-state index is 5.41. The van der Waals surface area contributed by atoms with Crippen LogP contribution in [0.15, 0.2) is 159 Å². The second kappa shape index (κ2) is 13.7. The molecule has 6 aromatic rings. The summed E-state index contributed by atoms with van der Waals surface area (Å²) in [4.78, 5) is 4.48. The van der Waals surface area contributed by atoms with Crippen molar-refractivity contribution in [3.8, 4) is 22.6 Å². The highest BCUT2D eigenvalue weighted by Gasteiger charge is 2.15. The van der Waals surface area contributed by atoms with Crippen molar-refractivity contribution < 1.29 is 9.47 Å². The van der Waals surface area contributed by atoms with E-state index in [0.717, 1.165) is 67.9 Å². The summed E-state index contributed by atoms with van der Waals surface area (Å²) in [7, 11) is 3.37. The Kier molecular flexibility index (Phi) is 8.98. The summed E-state index contributed by atoms with van der Waals surface area (Å²) < 4.78 is 10.8. The van der Waals surface area contributed by atoms with Gasteiger partial charge in [0.15, 0.2) is 0 Å². The molecule has 0 bridgehead atoms. The highest BCUT2D eigenvalue weighted by Crippen LogP contribution is 2.39. The second-order valence-corrected chi connectivity index (χ2v) is 10.8. The number of hydrogen-bond acceptors (Lipinski definition) is 4. The molecule has 46 heavy (non-hydrogen) atoms. The van der Waals surface area contributed by atoms with Crippen molar-refractivity contribution in [2.75, 3.05) is 24.0 Å². The molecular formula is C42H36N2O2. The Labute approximate surface area is 271 Å². The lowest BCUT2D eigenvalue weighted by Gasteiger charge is -2.26. The molecular weight excluding hydrogens is 564 g/mol. The minimum absolute atomic E-state index is 0.823. The lowest BCUT2D eigenvalue weighted by molar-refractivity contribution is 0.414. The van der Waals surface area contributed by atoms with E-state index in [1.165, 1.54) is 0 Å². The third-order valence-electron chi connectivity index (χ3n) is 8.02. The normalized spacial score (nSPS) is 10.6. The molecule has 0 N–H and O–H groups in total. The van der Waals surface area contributed by atoms with Gasteiger partial charge in [-0.3, -0.25) is 0 Å². The first-order chi connectivity index (χ1) is 22.6. The van der Waals surface area contributed by atoms with Gasteiger partial charge in [-0.15, -0.1) is 0 Å². The Morgan fingerprint density at radius 3 is 0.848 bits per heavy atom. The van der Waals surface area contributed by atoms with E-state index in [2.05, 4.69) is 144 Å². The highest BCUT2D eigenvalue weighted by atomic mass is 16.5. The Morgan fingerprint density at radius 2 is 0.609 bits per heavy atom. The van der Waals surface area contributed by atoms with Crippen molar-refractivity contribution >= 4 is 46.3 Å². The quantitative estimate of drug-likeness (QED) is 0.148. The highest BCUT2D eigenvalue weighted by molar-refractivity contribution is 5.81. The van der Waals surface area contributed by atoms with Crippen molar-refractivity contribution in [3.63, 3.8) is 0 Å². The van der Waals surface area contributed by atoms with Gasteiger partial charge in [-0.1, -0.05) is 73.8 Å². The molecule has 0 radical (unpaired) electrons. The zero-order valence-corrected chi connectivity index (χ0v) is 26.1. The summed E-state index contributed by atoms with van der Waals surface area (Å²) in [6.07, 6.45) is 3.71. The van der Waals surface area contributed by atoms with E-state index in [1.807, 2.05) is 36.4 Å². The molecule has 0 amide bonds. The summed E-state index contributed by atoms with van der Waals surface area (Å²) >= 11 is 0. The minimum Gasteiger partial charge on any atom is -0.497 e. The number of anilines is 6. The van der Waals surface area contributed by atoms with E-state index in [-0.39, 0.29) is 0 Å². The number of benzene rings is 6. The molecule has 0 saturated carbocycles. The predicted octanol–water partition coefficient (Wildman–Crippen LogP) is 11.6. The molecule has 0 aliphatic heterocycles. The van der Waals surface area contributed by atoms with Crippen molar-refractivity contribution in [2.45, 2.75) is 0 Å². The molecule has 0 saturated heterocycles. The summed E-state index contributed by atoms with van der Waals surface area (Å²) in [5.41, 5.74) is 10.8. The van der Waals surface area contributed by atoms with Crippen LogP contribution in [0.4, 0.5) is 34.1 Å². The molecule has 0 aromatic heterocycles. The number of ether oxygens (including phenoxy) is 2. The summed E-state index contributed by atoms with van der Waals surface area (Å²) in [6, 6.07) is 50.4. The molecule has 0 heterocycles. The first-order valence-electron chi connectivity index (χ1n) is 15.1. The van der Waals surface area contributed by atoms with Gasteiger partial charge in [0.2, 0.25) is 0 Å². The van der Waals surface area contributed by atoms with Crippen LogP contribution in [0.3, 0.4) is 0 Å². The van der Waals surface area contributed by atoms with Crippen molar-refractivity contribution in [3.05, 3.63) is 170 Å². The fourth-order valence-electron chi connectivity index (χ4n) is 5.48. The van der Waals surface area contributed by atoms with Gasteiger partial charge in [0, 0.05) is 34.1 Å². The van der Waals surface area contributed by atoms with Crippen LogP contribution in [0.5, 0.6) is 11.5 Å². The van der Waals surface area contributed by atoms with Crippen molar-refractivity contribution in [1.82, 2.24) is 0 Å². The Morgan fingerprint density at radius 1 is 0.370 bits per heavy atom. The van der Waals surface area contributed by atoms with E-state index in [4.69, 9.17) is 9.47 Å². The zero-order chi connectivity index (χ0) is 31.9. The molecule has 0 fully saturated rings. The fourth-order valence-corrected chi connectivity index (χ4v) is 5.48. The average Bonchev–Trinajstić information content (AvgIpc) is 3.13. The molecule has 0 unspecified atom stereocenters. The third kappa shape index (κ3) is 6.42. The van der Waals surface area contributed by atoms with Gasteiger partial charge in [-0.2, -0.15) is 0 Å². The van der Waals surface area contributed by atoms with Gasteiger partial charge in [-0.05, 0) is 119 Å². The summed E-state index contributed by atoms with van der Waals surface area (Å²) in [5.74, 6) is 1.65. The molecule has 226 valence electrons. The smallest absolute Gasteiger partial charge is 0.119 e. The lowest BCUT2D eigenvalue weighted by atomic mass is 10.0. The largest absolute Gasteiger partial charge is 0.497 e. The van der Waals surface area contributed by atoms with Crippen LogP contribution in [0.25, 0.3) is 23.3 Å². The van der Waals surface area contributed by atoms with E-state index in [0.29, 0.717) is 0 Å².